The van der Waals surface area contributed by atoms with E-state index in [-0.39, 0.29) is 11.7 Å². The van der Waals surface area contributed by atoms with Crippen LogP contribution in [0.4, 0.5) is 5.69 Å². The molecule has 0 aliphatic carbocycles. The minimum atomic E-state index is -0.281. The third-order valence-electron chi connectivity index (χ3n) is 2.57. The lowest BCUT2D eigenvalue weighted by atomic mass is 10.2. The molecule has 1 aromatic carbocycles. The molecule has 19 heavy (non-hydrogen) atoms. The summed E-state index contributed by atoms with van der Waals surface area (Å²) in [5.41, 5.74) is 6.99. The lowest BCUT2D eigenvalue weighted by Gasteiger charge is -2.07. The van der Waals surface area contributed by atoms with Crippen LogP contribution in [0, 0.1) is 0 Å². The van der Waals surface area contributed by atoms with E-state index in [0.29, 0.717) is 16.9 Å². The van der Waals surface area contributed by atoms with Gasteiger partial charge in [0.2, 0.25) is 0 Å². The van der Waals surface area contributed by atoms with Crippen LogP contribution in [0.1, 0.15) is 16.1 Å². The minimum absolute atomic E-state index is 0.0170. The van der Waals surface area contributed by atoms with Crippen LogP contribution in [0.25, 0.3) is 0 Å². The van der Waals surface area contributed by atoms with E-state index in [1.807, 2.05) is 0 Å². The predicted octanol–water partition coefficient (Wildman–Crippen LogP) is 0.767. The Hall–Kier alpha value is -2.83. The largest absolute Gasteiger partial charge is 0.409 e. The Morgan fingerprint density at radius 2 is 2.32 bits per heavy atom. The molecular formula is C12H13N5O2. The monoisotopic (exact) mass is 259 g/mol. The SMILES string of the molecule is Cn1cncc1C(=O)Nc1cccc(/C(N)=N/O)c1. The molecule has 2 rings (SSSR count). The van der Waals surface area contributed by atoms with Crippen molar-refractivity contribution in [2.24, 2.45) is 17.9 Å². The predicted molar refractivity (Wildman–Crippen MR) is 70.1 cm³/mol. The van der Waals surface area contributed by atoms with Crippen molar-refractivity contribution in [3.63, 3.8) is 0 Å². The first kappa shape index (κ1) is 12.6. The average molecular weight is 259 g/mol. The first-order valence-electron chi connectivity index (χ1n) is 5.47. The number of imidazole rings is 1. The molecule has 0 aliphatic heterocycles. The lowest BCUT2D eigenvalue weighted by Crippen LogP contribution is -2.17. The third kappa shape index (κ3) is 2.71. The van der Waals surface area contributed by atoms with Crippen LogP contribution in [0.15, 0.2) is 41.9 Å². The summed E-state index contributed by atoms with van der Waals surface area (Å²) in [6.07, 6.45) is 3.02. The number of amidine groups is 1. The summed E-state index contributed by atoms with van der Waals surface area (Å²) < 4.78 is 1.61. The Labute approximate surface area is 109 Å². The number of nitrogens with one attached hydrogen (secondary N) is 1. The van der Waals surface area contributed by atoms with Crippen molar-refractivity contribution in [2.75, 3.05) is 5.32 Å². The number of carbonyl (C=O) groups is 1. The van der Waals surface area contributed by atoms with Crippen molar-refractivity contribution < 1.29 is 10.0 Å². The summed E-state index contributed by atoms with van der Waals surface area (Å²) >= 11 is 0. The van der Waals surface area contributed by atoms with E-state index in [1.54, 1.807) is 42.2 Å². The van der Waals surface area contributed by atoms with Crippen LogP contribution in [-0.2, 0) is 7.05 Å². The number of benzene rings is 1. The lowest BCUT2D eigenvalue weighted by molar-refractivity contribution is 0.101. The van der Waals surface area contributed by atoms with E-state index in [9.17, 15) is 4.79 Å². The van der Waals surface area contributed by atoms with Gasteiger partial charge in [-0.25, -0.2) is 4.98 Å². The van der Waals surface area contributed by atoms with Gasteiger partial charge in [0.25, 0.3) is 5.91 Å². The molecule has 1 aromatic heterocycles. The molecule has 98 valence electrons. The molecule has 0 saturated carbocycles. The molecule has 1 amide bonds. The molecule has 7 nitrogen and oxygen atoms in total. The van der Waals surface area contributed by atoms with Crippen LogP contribution >= 0.6 is 0 Å². The molecule has 0 saturated heterocycles. The van der Waals surface area contributed by atoms with Gasteiger partial charge in [-0.3, -0.25) is 4.79 Å². The average Bonchev–Trinajstić information content (AvgIpc) is 2.84. The van der Waals surface area contributed by atoms with Crippen molar-refractivity contribution in [1.29, 1.82) is 0 Å². The van der Waals surface area contributed by atoms with E-state index >= 15 is 0 Å². The van der Waals surface area contributed by atoms with Crippen LogP contribution in [-0.4, -0.2) is 26.5 Å². The quantitative estimate of drug-likeness (QED) is 0.327. The van der Waals surface area contributed by atoms with Crippen LogP contribution in [0.3, 0.4) is 0 Å². The Morgan fingerprint density at radius 1 is 1.53 bits per heavy atom. The molecule has 0 atom stereocenters. The molecular weight excluding hydrogens is 246 g/mol. The van der Waals surface area contributed by atoms with Crippen molar-refractivity contribution in [3.8, 4) is 0 Å². The van der Waals surface area contributed by atoms with E-state index < -0.39 is 0 Å². The van der Waals surface area contributed by atoms with Crippen molar-refractivity contribution in [3.05, 3.63) is 48.0 Å². The van der Waals surface area contributed by atoms with Crippen molar-refractivity contribution >= 4 is 17.4 Å². The minimum Gasteiger partial charge on any atom is -0.409 e. The molecule has 1 heterocycles. The molecule has 0 radical (unpaired) electrons. The summed E-state index contributed by atoms with van der Waals surface area (Å²) in [6.45, 7) is 0. The Morgan fingerprint density at radius 3 is 2.95 bits per heavy atom. The molecule has 7 heteroatoms. The van der Waals surface area contributed by atoms with Gasteiger partial charge in [-0.1, -0.05) is 17.3 Å². The first-order valence-corrected chi connectivity index (χ1v) is 5.47. The maximum atomic E-state index is 12.0. The van der Waals surface area contributed by atoms with E-state index in [1.165, 1.54) is 6.20 Å². The Balaban J connectivity index is 2.20. The highest BCUT2D eigenvalue weighted by atomic mass is 16.4. The number of aromatic nitrogens is 2. The highest BCUT2D eigenvalue weighted by Gasteiger charge is 2.10. The van der Waals surface area contributed by atoms with E-state index in [4.69, 9.17) is 10.9 Å². The molecule has 0 bridgehead atoms. The van der Waals surface area contributed by atoms with Gasteiger partial charge in [0, 0.05) is 18.3 Å². The van der Waals surface area contributed by atoms with Gasteiger partial charge >= 0.3 is 0 Å². The standard InChI is InChI=1S/C12H13N5O2/c1-17-7-14-6-10(17)12(18)15-9-4-2-3-8(5-9)11(13)16-19/h2-7,19H,1H3,(H2,13,16)(H,15,18). The number of aryl methyl sites for hydroxylation is 1. The highest BCUT2D eigenvalue weighted by molar-refractivity contribution is 6.04. The van der Waals surface area contributed by atoms with Gasteiger partial charge in [-0.15, -0.1) is 0 Å². The van der Waals surface area contributed by atoms with Gasteiger partial charge < -0.3 is 20.8 Å². The normalized spacial score (nSPS) is 11.3. The maximum Gasteiger partial charge on any atom is 0.273 e. The summed E-state index contributed by atoms with van der Waals surface area (Å²) in [4.78, 5) is 15.8. The number of nitrogens with zero attached hydrogens (tertiary/aromatic N) is 3. The number of rotatable bonds is 3. The second-order valence-corrected chi connectivity index (χ2v) is 3.91. The van der Waals surface area contributed by atoms with Crippen molar-refractivity contribution in [1.82, 2.24) is 9.55 Å². The van der Waals surface area contributed by atoms with Crippen LogP contribution in [0.5, 0.6) is 0 Å². The number of amides is 1. The Kier molecular flexibility index (Phi) is 3.46. The molecule has 0 fully saturated rings. The number of oxime groups is 1. The highest BCUT2D eigenvalue weighted by Crippen LogP contribution is 2.12. The summed E-state index contributed by atoms with van der Waals surface area (Å²) in [7, 11) is 1.73. The Bertz CT molecular complexity index is 633. The van der Waals surface area contributed by atoms with E-state index in [0.717, 1.165) is 0 Å². The summed E-state index contributed by atoms with van der Waals surface area (Å²) in [5, 5.41) is 14.2. The van der Waals surface area contributed by atoms with Gasteiger partial charge in [-0.05, 0) is 12.1 Å². The fourth-order valence-corrected chi connectivity index (χ4v) is 1.59. The van der Waals surface area contributed by atoms with Gasteiger partial charge in [0.05, 0.1) is 12.5 Å². The first-order chi connectivity index (χ1) is 9.11. The van der Waals surface area contributed by atoms with Crippen LogP contribution < -0.4 is 11.1 Å². The second-order valence-electron chi connectivity index (χ2n) is 3.91. The topological polar surface area (TPSA) is 106 Å². The van der Waals surface area contributed by atoms with Gasteiger partial charge in [0.1, 0.15) is 5.69 Å². The smallest absolute Gasteiger partial charge is 0.273 e. The molecule has 2 aromatic rings. The number of hydrogen-bond donors (Lipinski definition) is 3. The summed E-state index contributed by atoms with van der Waals surface area (Å²) in [6, 6.07) is 6.70. The van der Waals surface area contributed by atoms with Crippen LogP contribution in [0.2, 0.25) is 0 Å². The molecule has 0 aliphatic rings. The number of hydrogen-bond acceptors (Lipinski definition) is 4. The zero-order valence-electron chi connectivity index (χ0n) is 10.2. The zero-order valence-corrected chi connectivity index (χ0v) is 10.2. The fourth-order valence-electron chi connectivity index (χ4n) is 1.59. The zero-order chi connectivity index (χ0) is 13.8. The molecule has 4 N–H and O–H groups in total. The molecule has 0 unspecified atom stereocenters. The fraction of sp³-hybridized carbons (Fsp3) is 0.0833. The van der Waals surface area contributed by atoms with Gasteiger partial charge in [0.15, 0.2) is 5.84 Å². The van der Waals surface area contributed by atoms with E-state index in [2.05, 4.69) is 15.5 Å². The summed E-state index contributed by atoms with van der Waals surface area (Å²) in [5.74, 6) is -0.298. The maximum absolute atomic E-state index is 12.0. The van der Waals surface area contributed by atoms with Gasteiger partial charge in [-0.2, -0.15) is 0 Å². The number of nitrogens with two attached hydrogens (primary N) is 1. The number of carbonyl (C=O) groups excluding carboxylic acids is 1. The number of anilines is 1. The second kappa shape index (κ2) is 5.21. The third-order valence-corrected chi connectivity index (χ3v) is 2.57. The van der Waals surface area contributed by atoms with Crippen molar-refractivity contribution in [2.45, 2.75) is 0 Å². The molecule has 0 spiro atoms.